The number of halogens is 1. The first kappa shape index (κ1) is 13.2. The largest absolute Gasteiger partial charge is 0.384 e. The van der Waals surface area contributed by atoms with Crippen LogP contribution in [-0.2, 0) is 13.0 Å². The zero-order chi connectivity index (χ0) is 14.1. The summed E-state index contributed by atoms with van der Waals surface area (Å²) in [6, 6.07) is 14.5. The van der Waals surface area contributed by atoms with Gasteiger partial charge in [-0.1, -0.05) is 24.3 Å². The minimum atomic E-state index is 0.0984. The molecule has 0 bridgehead atoms. The first-order chi connectivity index (χ1) is 9.65. The third kappa shape index (κ3) is 2.43. The monoisotopic (exact) mass is 329 g/mol. The van der Waals surface area contributed by atoms with Gasteiger partial charge in [0.2, 0.25) is 0 Å². The lowest BCUT2D eigenvalue weighted by molar-refractivity contribution is 0.730. The second-order valence-electron chi connectivity index (χ2n) is 5.02. The predicted octanol–water partition coefficient (Wildman–Crippen LogP) is 3.30. The van der Waals surface area contributed by atoms with E-state index >= 15 is 0 Å². The van der Waals surface area contributed by atoms with Gasteiger partial charge in [-0.3, -0.25) is 5.41 Å². The molecule has 2 aromatic carbocycles. The second kappa shape index (κ2) is 5.29. The lowest BCUT2D eigenvalue weighted by Crippen LogP contribution is -2.30. The number of hydrogen-bond acceptors (Lipinski definition) is 2. The Balaban J connectivity index is 1.90. The Kier molecular flexibility index (Phi) is 3.49. The molecule has 0 saturated heterocycles. The van der Waals surface area contributed by atoms with Crippen LogP contribution in [0.1, 0.15) is 16.7 Å². The van der Waals surface area contributed by atoms with Crippen LogP contribution in [-0.4, -0.2) is 12.4 Å². The van der Waals surface area contributed by atoms with Gasteiger partial charge in [0, 0.05) is 23.1 Å². The topological polar surface area (TPSA) is 53.1 Å². The molecule has 0 fully saturated rings. The highest BCUT2D eigenvalue weighted by atomic mass is 79.9. The van der Waals surface area contributed by atoms with Gasteiger partial charge in [-0.2, -0.15) is 0 Å². The third-order valence-corrected chi connectivity index (χ3v) is 4.37. The Morgan fingerprint density at radius 1 is 1.15 bits per heavy atom. The number of nitrogen functional groups attached to an aromatic ring is 1. The summed E-state index contributed by atoms with van der Waals surface area (Å²) in [7, 11) is 0. The Morgan fingerprint density at radius 2 is 1.90 bits per heavy atom. The van der Waals surface area contributed by atoms with Crippen LogP contribution in [0.25, 0.3) is 0 Å². The molecule has 0 unspecified atom stereocenters. The smallest absolute Gasteiger partial charge is 0.122 e. The maximum Gasteiger partial charge on any atom is 0.122 e. The number of fused-ring (bicyclic) bond motifs is 1. The summed E-state index contributed by atoms with van der Waals surface area (Å²) in [6.07, 6.45) is 1.07. The molecule has 0 spiro atoms. The van der Waals surface area contributed by atoms with Crippen molar-refractivity contribution in [1.29, 1.82) is 5.41 Å². The maximum absolute atomic E-state index is 7.49. The van der Waals surface area contributed by atoms with Crippen molar-refractivity contribution >= 4 is 27.5 Å². The van der Waals surface area contributed by atoms with Gasteiger partial charge in [0.15, 0.2) is 0 Å². The van der Waals surface area contributed by atoms with Crippen LogP contribution in [0.5, 0.6) is 0 Å². The summed E-state index contributed by atoms with van der Waals surface area (Å²) in [5.41, 5.74) is 10.3. The van der Waals surface area contributed by atoms with Crippen molar-refractivity contribution in [2.75, 3.05) is 11.4 Å². The molecule has 4 heteroatoms. The zero-order valence-electron chi connectivity index (χ0n) is 11.1. The van der Waals surface area contributed by atoms with Crippen LogP contribution in [0, 0.1) is 5.41 Å². The number of nitrogens with two attached hydrogens (primary N) is 1. The average molecular weight is 330 g/mol. The quantitative estimate of drug-likeness (QED) is 0.656. The van der Waals surface area contributed by atoms with Gasteiger partial charge in [-0.05, 0) is 51.7 Å². The molecule has 0 aliphatic carbocycles. The Morgan fingerprint density at radius 3 is 2.60 bits per heavy atom. The van der Waals surface area contributed by atoms with Gasteiger partial charge in [0.1, 0.15) is 5.84 Å². The summed E-state index contributed by atoms with van der Waals surface area (Å²) in [6.45, 7) is 1.93. The fourth-order valence-electron chi connectivity index (χ4n) is 2.63. The van der Waals surface area contributed by atoms with Crippen molar-refractivity contribution in [3.05, 3.63) is 63.6 Å². The highest BCUT2D eigenvalue weighted by Gasteiger charge is 2.18. The summed E-state index contributed by atoms with van der Waals surface area (Å²) >= 11 is 3.60. The van der Waals surface area contributed by atoms with E-state index in [2.05, 4.69) is 45.1 Å². The highest BCUT2D eigenvalue weighted by Crippen LogP contribution is 2.31. The summed E-state index contributed by atoms with van der Waals surface area (Å²) in [5, 5.41) is 7.49. The Hall–Kier alpha value is -1.81. The average Bonchev–Trinajstić information content (AvgIpc) is 2.46. The second-order valence-corrected chi connectivity index (χ2v) is 5.87. The molecule has 3 rings (SSSR count). The normalized spacial score (nSPS) is 13.9. The van der Waals surface area contributed by atoms with Gasteiger partial charge < -0.3 is 10.6 Å². The van der Waals surface area contributed by atoms with E-state index < -0.39 is 0 Å². The fraction of sp³-hybridized carbons (Fsp3) is 0.188. The fourth-order valence-corrected chi connectivity index (χ4v) is 3.26. The van der Waals surface area contributed by atoms with Gasteiger partial charge in [0.25, 0.3) is 0 Å². The van der Waals surface area contributed by atoms with Crippen LogP contribution in [0.2, 0.25) is 0 Å². The predicted molar refractivity (Wildman–Crippen MR) is 86.4 cm³/mol. The van der Waals surface area contributed by atoms with Gasteiger partial charge >= 0.3 is 0 Å². The Labute approximate surface area is 127 Å². The lowest BCUT2D eigenvalue weighted by Gasteiger charge is -2.31. The first-order valence-electron chi connectivity index (χ1n) is 6.61. The number of hydrogen-bond donors (Lipinski definition) is 2. The molecule has 1 aliphatic heterocycles. The summed E-state index contributed by atoms with van der Waals surface area (Å²) in [5.74, 6) is 0.0984. The van der Waals surface area contributed by atoms with Crippen LogP contribution < -0.4 is 10.6 Å². The van der Waals surface area contributed by atoms with E-state index in [0.717, 1.165) is 35.2 Å². The molecule has 1 aliphatic rings. The van der Waals surface area contributed by atoms with E-state index in [1.165, 1.54) is 11.1 Å². The minimum absolute atomic E-state index is 0.0984. The molecule has 0 amide bonds. The first-order valence-corrected chi connectivity index (χ1v) is 7.40. The van der Waals surface area contributed by atoms with E-state index in [1.54, 1.807) is 0 Å². The molecular formula is C16H16BrN3. The molecule has 0 atom stereocenters. The van der Waals surface area contributed by atoms with Crippen LogP contribution >= 0.6 is 15.9 Å². The summed E-state index contributed by atoms with van der Waals surface area (Å²) in [4.78, 5) is 2.36. The Bertz CT molecular complexity index is 667. The molecule has 3 N–H and O–H groups in total. The minimum Gasteiger partial charge on any atom is -0.384 e. The molecule has 2 aromatic rings. The molecule has 0 aromatic heterocycles. The van der Waals surface area contributed by atoms with E-state index in [1.807, 2.05) is 18.2 Å². The maximum atomic E-state index is 7.49. The van der Waals surface area contributed by atoms with Gasteiger partial charge in [-0.15, -0.1) is 0 Å². The standard InChI is InChI=1S/C16H16BrN3/c17-14-9-12(16(18)19)5-6-15(14)20-8-7-11-3-1-2-4-13(11)10-20/h1-6,9H,7-8,10H2,(H3,18,19). The number of rotatable bonds is 2. The highest BCUT2D eigenvalue weighted by molar-refractivity contribution is 9.10. The molecule has 20 heavy (non-hydrogen) atoms. The van der Waals surface area contributed by atoms with Gasteiger partial charge in [-0.25, -0.2) is 0 Å². The number of benzene rings is 2. The summed E-state index contributed by atoms with van der Waals surface area (Å²) < 4.78 is 0.990. The molecule has 0 radical (unpaired) electrons. The van der Waals surface area contributed by atoms with Crippen LogP contribution in [0.3, 0.4) is 0 Å². The number of nitrogens with one attached hydrogen (secondary N) is 1. The SMILES string of the molecule is N=C(N)c1ccc(N2CCc3ccccc3C2)c(Br)c1. The molecule has 102 valence electrons. The van der Waals surface area contributed by atoms with Crippen LogP contribution in [0.15, 0.2) is 46.9 Å². The van der Waals surface area contributed by atoms with E-state index in [0.29, 0.717) is 0 Å². The number of amidine groups is 1. The molecular weight excluding hydrogens is 314 g/mol. The van der Waals surface area contributed by atoms with E-state index in [4.69, 9.17) is 11.1 Å². The van der Waals surface area contributed by atoms with Crippen molar-refractivity contribution in [3.8, 4) is 0 Å². The van der Waals surface area contributed by atoms with Crippen molar-refractivity contribution in [1.82, 2.24) is 0 Å². The third-order valence-electron chi connectivity index (χ3n) is 3.73. The van der Waals surface area contributed by atoms with Crippen LogP contribution in [0.4, 0.5) is 5.69 Å². The lowest BCUT2D eigenvalue weighted by atomic mass is 9.99. The van der Waals surface area contributed by atoms with Gasteiger partial charge in [0.05, 0.1) is 5.69 Å². The van der Waals surface area contributed by atoms with Crippen molar-refractivity contribution < 1.29 is 0 Å². The molecule has 0 saturated carbocycles. The number of nitrogens with zero attached hydrogens (tertiary/aromatic N) is 1. The van der Waals surface area contributed by atoms with Crippen molar-refractivity contribution in [3.63, 3.8) is 0 Å². The van der Waals surface area contributed by atoms with E-state index in [-0.39, 0.29) is 5.84 Å². The molecule has 1 heterocycles. The van der Waals surface area contributed by atoms with E-state index in [9.17, 15) is 0 Å². The molecule has 3 nitrogen and oxygen atoms in total. The van der Waals surface area contributed by atoms with Crippen molar-refractivity contribution in [2.24, 2.45) is 5.73 Å². The number of anilines is 1. The van der Waals surface area contributed by atoms with Crippen molar-refractivity contribution in [2.45, 2.75) is 13.0 Å². The zero-order valence-corrected chi connectivity index (χ0v) is 12.7.